The topological polar surface area (TPSA) is 26.0 Å². The van der Waals surface area contributed by atoms with Gasteiger partial charge >= 0.3 is 0 Å². The standard InChI is InChI=1S/C8H12FN/c1-2-7-5-3-4-6-8(7,9)10/h3-7H,2,10H2,1H3. The minimum Gasteiger partial charge on any atom is -0.295 e. The number of allylic oxidation sites excluding steroid dienone is 2. The highest BCUT2D eigenvalue weighted by Gasteiger charge is 2.29. The van der Waals surface area contributed by atoms with E-state index in [-0.39, 0.29) is 5.92 Å². The number of halogens is 1. The van der Waals surface area contributed by atoms with E-state index in [9.17, 15) is 4.39 Å². The van der Waals surface area contributed by atoms with Gasteiger partial charge in [-0.2, -0.15) is 0 Å². The summed E-state index contributed by atoms with van der Waals surface area (Å²) in [7, 11) is 0. The first-order valence-corrected chi connectivity index (χ1v) is 3.50. The summed E-state index contributed by atoms with van der Waals surface area (Å²) < 4.78 is 13.2. The van der Waals surface area contributed by atoms with Crippen molar-refractivity contribution in [2.24, 2.45) is 11.7 Å². The maximum Gasteiger partial charge on any atom is 0.184 e. The van der Waals surface area contributed by atoms with E-state index < -0.39 is 5.79 Å². The van der Waals surface area contributed by atoms with Gasteiger partial charge in [-0.15, -0.1) is 0 Å². The molecule has 0 aromatic carbocycles. The Labute approximate surface area is 60.4 Å². The Balaban J connectivity index is 2.74. The maximum absolute atomic E-state index is 13.2. The summed E-state index contributed by atoms with van der Waals surface area (Å²) in [4.78, 5) is 0. The quantitative estimate of drug-likeness (QED) is 0.553. The molecule has 10 heavy (non-hydrogen) atoms. The molecule has 1 aliphatic carbocycles. The van der Waals surface area contributed by atoms with Gasteiger partial charge < -0.3 is 0 Å². The van der Waals surface area contributed by atoms with Crippen molar-refractivity contribution < 1.29 is 4.39 Å². The highest BCUT2D eigenvalue weighted by atomic mass is 19.1. The molecule has 1 aliphatic rings. The largest absolute Gasteiger partial charge is 0.295 e. The van der Waals surface area contributed by atoms with Gasteiger partial charge in [0.15, 0.2) is 5.79 Å². The van der Waals surface area contributed by atoms with Gasteiger partial charge in [-0.1, -0.05) is 25.2 Å². The smallest absolute Gasteiger partial charge is 0.184 e. The van der Waals surface area contributed by atoms with Crippen molar-refractivity contribution in [2.45, 2.75) is 19.1 Å². The van der Waals surface area contributed by atoms with Crippen LogP contribution in [0.25, 0.3) is 0 Å². The van der Waals surface area contributed by atoms with Crippen LogP contribution >= 0.6 is 0 Å². The van der Waals surface area contributed by atoms with Gasteiger partial charge in [-0.25, -0.2) is 4.39 Å². The lowest BCUT2D eigenvalue weighted by molar-refractivity contribution is 0.169. The van der Waals surface area contributed by atoms with E-state index in [1.54, 1.807) is 12.2 Å². The zero-order chi connectivity index (χ0) is 7.61. The van der Waals surface area contributed by atoms with Crippen LogP contribution in [0.3, 0.4) is 0 Å². The first-order chi connectivity index (χ1) is 4.67. The van der Waals surface area contributed by atoms with Gasteiger partial charge in [0, 0.05) is 5.92 Å². The minimum absolute atomic E-state index is 0.155. The lowest BCUT2D eigenvalue weighted by Crippen LogP contribution is -2.40. The number of nitrogens with two attached hydrogens (primary N) is 1. The van der Waals surface area contributed by atoms with E-state index in [1.165, 1.54) is 6.08 Å². The fourth-order valence-corrected chi connectivity index (χ4v) is 1.12. The van der Waals surface area contributed by atoms with E-state index >= 15 is 0 Å². The molecule has 0 fully saturated rings. The van der Waals surface area contributed by atoms with Crippen molar-refractivity contribution >= 4 is 0 Å². The summed E-state index contributed by atoms with van der Waals surface area (Å²) in [6, 6.07) is 0. The Bertz CT molecular complexity index is 170. The highest BCUT2D eigenvalue weighted by Crippen LogP contribution is 2.25. The third-order valence-corrected chi connectivity index (χ3v) is 1.81. The SMILES string of the molecule is CCC1C=CC=CC1(N)F. The number of hydrogen-bond donors (Lipinski definition) is 1. The molecule has 2 atom stereocenters. The molecule has 1 nitrogen and oxygen atoms in total. The van der Waals surface area contributed by atoms with Crippen LogP contribution in [0.4, 0.5) is 4.39 Å². The van der Waals surface area contributed by atoms with Gasteiger partial charge in [-0.05, 0) is 12.5 Å². The zero-order valence-corrected chi connectivity index (χ0v) is 6.05. The second kappa shape index (κ2) is 2.54. The minimum atomic E-state index is -1.62. The van der Waals surface area contributed by atoms with E-state index in [0.717, 1.165) is 6.42 Å². The molecule has 2 N–H and O–H groups in total. The van der Waals surface area contributed by atoms with Crippen LogP contribution in [0, 0.1) is 5.92 Å². The first-order valence-electron chi connectivity index (χ1n) is 3.50. The van der Waals surface area contributed by atoms with Crippen molar-refractivity contribution in [3.63, 3.8) is 0 Å². The number of alkyl halides is 1. The summed E-state index contributed by atoms with van der Waals surface area (Å²) in [6.07, 6.45) is 7.43. The van der Waals surface area contributed by atoms with Crippen LogP contribution in [-0.4, -0.2) is 5.79 Å². The molecule has 0 bridgehead atoms. The molecule has 0 amide bonds. The number of hydrogen-bond acceptors (Lipinski definition) is 1. The Morgan fingerprint density at radius 2 is 2.30 bits per heavy atom. The molecule has 56 valence electrons. The lowest BCUT2D eigenvalue weighted by atomic mass is 9.91. The predicted molar refractivity (Wildman–Crippen MR) is 40.1 cm³/mol. The molecular formula is C8H12FN. The van der Waals surface area contributed by atoms with Crippen molar-refractivity contribution in [1.82, 2.24) is 0 Å². The molecule has 2 unspecified atom stereocenters. The Kier molecular flexibility index (Phi) is 1.90. The molecule has 0 heterocycles. The molecular weight excluding hydrogens is 129 g/mol. The third kappa shape index (κ3) is 1.27. The summed E-state index contributed by atoms with van der Waals surface area (Å²) in [5, 5.41) is 0. The van der Waals surface area contributed by atoms with Gasteiger partial charge in [0.1, 0.15) is 0 Å². The van der Waals surface area contributed by atoms with Crippen LogP contribution in [0.2, 0.25) is 0 Å². The Hall–Kier alpha value is -0.630. The van der Waals surface area contributed by atoms with E-state index in [4.69, 9.17) is 5.73 Å². The fourth-order valence-electron chi connectivity index (χ4n) is 1.12. The van der Waals surface area contributed by atoms with Crippen molar-refractivity contribution in [2.75, 3.05) is 0 Å². The molecule has 0 saturated carbocycles. The molecule has 0 aromatic rings. The Morgan fingerprint density at radius 1 is 1.60 bits per heavy atom. The summed E-state index contributed by atoms with van der Waals surface area (Å²) >= 11 is 0. The van der Waals surface area contributed by atoms with Crippen LogP contribution in [0.1, 0.15) is 13.3 Å². The third-order valence-electron chi connectivity index (χ3n) is 1.81. The molecule has 2 heteroatoms. The van der Waals surface area contributed by atoms with Crippen LogP contribution in [0.15, 0.2) is 24.3 Å². The second-order valence-corrected chi connectivity index (χ2v) is 2.59. The van der Waals surface area contributed by atoms with Gasteiger partial charge in [0.25, 0.3) is 0 Å². The van der Waals surface area contributed by atoms with E-state index in [1.807, 2.05) is 13.0 Å². The normalized spacial score (nSPS) is 38.5. The average molecular weight is 141 g/mol. The summed E-state index contributed by atoms with van der Waals surface area (Å²) in [5.41, 5.74) is 5.33. The Morgan fingerprint density at radius 3 is 2.70 bits per heavy atom. The van der Waals surface area contributed by atoms with Crippen molar-refractivity contribution in [3.8, 4) is 0 Å². The first kappa shape index (κ1) is 7.48. The number of rotatable bonds is 1. The van der Waals surface area contributed by atoms with Crippen molar-refractivity contribution in [3.05, 3.63) is 24.3 Å². The highest BCUT2D eigenvalue weighted by molar-refractivity contribution is 5.19. The van der Waals surface area contributed by atoms with Gasteiger partial charge in [0.2, 0.25) is 0 Å². The van der Waals surface area contributed by atoms with E-state index in [0.29, 0.717) is 0 Å². The molecule has 0 aliphatic heterocycles. The average Bonchev–Trinajstić information content (AvgIpc) is 1.87. The molecule has 0 aromatic heterocycles. The summed E-state index contributed by atoms with van der Waals surface area (Å²) in [5.74, 6) is -1.78. The van der Waals surface area contributed by atoms with Crippen molar-refractivity contribution in [1.29, 1.82) is 0 Å². The van der Waals surface area contributed by atoms with Crippen LogP contribution in [0.5, 0.6) is 0 Å². The van der Waals surface area contributed by atoms with Crippen LogP contribution < -0.4 is 5.73 Å². The predicted octanol–water partition coefficient (Wildman–Crippen LogP) is 1.76. The molecule has 1 rings (SSSR count). The monoisotopic (exact) mass is 141 g/mol. The van der Waals surface area contributed by atoms with Crippen LogP contribution in [-0.2, 0) is 0 Å². The zero-order valence-electron chi connectivity index (χ0n) is 6.05. The van der Waals surface area contributed by atoms with Gasteiger partial charge in [-0.3, -0.25) is 5.73 Å². The molecule has 0 radical (unpaired) electrons. The second-order valence-electron chi connectivity index (χ2n) is 2.59. The lowest BCUT2D eigenvalue weighted by Gasteiger charge is -2.25. The van der Waals surface area contributed by atoms with Gasteiger partial charge in [0.05, 0.1) is 0 Å². The molecule has 0 spiro atoms. The van der Waals surface area contributed by atoms with E-state index in [2.05, 4.69) is 0 Å². The fraction of sp³-hybridized carbons (Fsp3) is 0.500. The molecule has 0 saturated heterocycles. The maximum atomic E-state index is 13.2. The summed E-state index contributed by atoms with van der Waals surface area (Å²) in [6.45, 7) is 1.93.